The maximum atomic E-state index is 13.0. The van der Waals surface area contributed by atoms with Gasteiger partial charge in [-0.1, -0.05) is 17.7 Å². The molecule has 1 aromatic carbocycles. The third kappa shape index (κ3) is 2.73. The molecule has 0 unspecified atom stereocenters. The molecule has 6 heteroatoms. The van der Waals surface area contributed by atoms with Gasteiger partial charge in [-0.3, -0.25) is 14.6 Å². The summed E-state index contributed by atoms with van der Waals surface area (Å²) in [4.78, 5) is 32.4. The lowest BCUT2D eigenvalue weighted by molar-refractivity contribution is -0.128. The van der Waals surface area contributed by atoms with Gasteiger partial charge in [0.2, 0.25) is 0 Å². The molecule has 4 rings (SSSR count). The van der Waals surface area contributed by atoms with Crippen LogP contribution < -0.4 is 4.90 Å². The molecule has 136 valence electrons. The zero-order valence-corrected chi connectivity index (χ0v) is 16.1. The fraction of sp³-hybridized carbons (Fsp3) is 0.400. The summed E-state index contributed by atoms with van der Waals surface area (Å²) in [6.07, 6.45) is 0.977. The van der Waals surface area contributed by atoms with Crippen molar-refractivity contribution in [2.24, 2.45) is 0 Å². The number of thiophene rings is 1. The van der Waals surface area contributed by atoms with Crippen molar-refractivity contribution in [3.8, 4) is 0 Å². The normalized spacial score (nSPS) is 23.7. The van der Waals surface area contributed by atoms with Crippen molar-refractivity contribution in [1.82, 2.24) is 9.80 Å². The monoisotopic (exact) mass is 369 g/mol. The molecule has 3 heterocycles. The number of imide groups is 1. The van der Waals surface area contributed by atoms with Crippen molar-refractivity contribution in [1.29, 1.82) is 0 Å². The van der Waals surface area contributed by atoms with E-state index in [-0.39, 0.29) is 18.0 Å². The van der Waals surface area contributed by atoms with Crippen LogP contribution in [0.2, 0.25) is 0 Å². The Morgan fingerprint density at radius 2 is 1.81 bits per heavy atom. The average molecular weight is 369 g/mol. The first-order valence-corrected chi connectivity index (χ1v) is 9.87. The number of rotatable bonds is 3. The highest BCUT2D eigenvalue weighted by molar-refractivity contribution is 7.10. The molecule has 2 aliphatic heterocycles. The van der Waals surface area contributed by atoms with E-state index in [4.69, 9.17) is 0 Å². The van der Waals surface area contributed by atoms with Gasteiger partial charge in [-0.25, -0.2) is 9.69 Å². The summed E-state index contributed by atoms with van der Waals surface area (Å²) in [7, 11) is 0. The minimum atomic E-state index is -0.470. The number of hydrogen-bond donors (Lipinski definition) is 0. The maximum absolute atomic E-state index is 13.0. The fourth-order valence-electron chi connectivity index (χ4n) is 3.83. The SMILES string of the molecule is Cc1ccc(N2C(=O)N(CN3CCc4sccc4[C@@H]3C)C(=O)[C@H]2C)cc1. The predicted octanol–water partition coefficient (Wildman–Crippen LogP) is 3.79. The maximum Gasteiger partial charge on any atom is 0.333 e. The standard InChI is InChI=1S/C20H23N3O2S/c1-13-4-6-16(7-5-13)23-15(3)19(24)22(20(23)25)12-21-10-8-18-17(14(21)2)9-11-26-18/h4-7,9,11,14-15H,8,10,12H2,1-3H3/t14-,15+/m0/s1. The molecule has 2 atom stereocenters. The molecule has 0 N–H and O–H groups in total. The van der Waals surface area contributed by atoms with E-state index in [1.165, 1.54) is 15.3 Å². The van der Waals surface area contributed by atoms with Crippen LogP contribution in [0.4, 0.5) is 10.5 Å². The van der Waals surface area contributed by atoms with Crippen LogP contribution in [0.1, 0.15) is 35.9 Å². The molecule has 1 fully saturated rings. The molecule has 26 heavy (non-hydrogen) atoms. The molecule has 0 saturated carbocycles. The highest BCUT2D eigenvalue weighted by Crippen LogP contribution is 2.34. The summed E-state index contributed by atoms with van der Waals surface area (Å²) in [6.45, 7) is 7.17. The van der Waals surface area contributed by atoms with E-state index < -0.39 is 6.04 Å². The van der Waals surface area contributed by atoms with E-state index in [1.807, 2.05) is 31.2 Å². The molecule has 2 aromatic rings. The molecule has 0 aliphatic carbocycles. The van der Waals surface area contributed by atoms with Crippen LogP contribution >= 0.6 is 11.3 Å². The van der Waals surface area contributed by atoms with Gasteiger partial charge in [0, 0.05) is 23.2 Å². The Labute approximate surface area is 157 Å². The van der Waals surface area contributed by atoms with E-state index in [0.29, 0.717) is 6.67 Å². The number of nitrogens with zero attached hydrogens (tertiary/aromatic N) is 3. The number of fused-ring (bicyclic) bond motifs is 1. The molecular weight excluding hydrogens is 346 g/mol. The van der Waals surface area contributed by atoms with E-state index in [0.717, 1.165) is 24.2 Å². The van der Waals surface area contributed by atoms with Crippen LogP contribution in [-0.4, -0.2) is 41.0 Å². The number of urea groups is 1. The number of aryl methyl sites for hydroxylation is 1. The van der Waals surface area contributed by atoms with Gasteiger partial charge >= 0.3 is 6.03 Å². The quantitative estimate of drug-likeness (QED) is 0.773. The Balaban J connectivity index is 1.55. The van der Waals surface area contributed by atoms with Crippen molar-refractivity contribution < 1.29 is 9.59 Å². The van der Waals surface area contributed by atoms with Crippen LogP contribution in [0.25, 0.3) is 0 Å². The lowest BCUT2D eigenvalue weighted by Gasteiger charge is -2.35. The third-order valence-electron chi connectivity index (χ3n) is 5.49. The Morgan fingerprint density at radius 3 is 2.54 bits per heavy atom. The number of carbonyl (C=O) groups is 2. The summed E-state index contributed by atoms with van der Waals surface area (Å²) in [6, 6.07) is 9.42. The van der Waals surface area contributed by atoms with Gasteiger partial charge < -0.3 is 0 Å². The number of carbonyl (C=O) groups excluding carboxylic acids is 2. The van der Waals surface area contributed by atoms with Gasteiger partial charge in [0.25, 0.3) is 5.91 Å². The number of amides is 3. The minimum absolute atomic E-state index is 0.126. The van der Waals surface area contributed by atoms with Crippen LogP contribution in [0.15, 0.2) is 35.7 Å². The van der Waals surface area contributed by atoms with Gasteiger partial charge in [0.1, 0.15) is 6.04 Å². The average Bonchev–Trinajstić information content (AvgIpc) is 3.18. The summed E-state index contributed by atoms with van der Waals surface area (Å²) in [5, 5.41) is 2.12. The Morgan fingerprint density at radius 1 is 1.08 bits per heavy atom. The third-order valence-corrected chi connectivity index (χ3v) is 6.48. The molecule has 0 radical (unpaired) electrons. The molecule has 1 aromatic heterocycles. The second kappa shape index (κ2) is 6.52. The molecule has 5 nitrogen and oxygen atoms in total. The smallest absolute Gasteiger partial charge is 0.282 e. The largest absolute Gasteiger partial charge is 0.333 e. The second-order valence-corrected chi connectivity index (χ2v) is 8.11. The van der Waals surface area contributed by atoms with E-state index in [1.54, 1.807) is 23.2 Å². The van der Waals surface area contributed by atoms with Crippen LogP contribution in [0.3, 0.4) is 0 Å². The van der Waals surface area contributed by atoms with Gasteiger partial charge in [-0.15, -0.1) is 11.3 Å². The summed E-state index contributed by atoms with van der Waals surface area (Å²) in [5.74, 6) is -0.126. The Kier molecular flexibility index (Phi) is 4.32. The number of anilines is 1. The molecule has 2 aliphatic rings. The first-order valence-electron chi connectivity index (χ1n) is 8.99. The van der Waals surface area contributed by atoms with Gasteiger partial charge in [-0.2, -0.15) is 0 Å². The molecule has 0 bridgehead atoms. The highest BCUT2D eigenvalue weighted by Gasteiger charge is 2.44. The molecule has 3 amide bonds. The summed E-state index contributed by atoms with van der Waals surface area (Å²) < 4.78 is 0. The van der Waals surface area contributed by atoms with E-state index in [9.17, 15) is 9.59 Å². The van der Waals surface area contributed by atoms with E-state index >= 15 is 0 Å². The van der Waals surface area contributed by atoms with Gasteiger partial charge in [0.05, 0.1) is 6.67 Å². The number of hydrogen-bond acceptors (Lipinski definition) is 4. The topological polar surface area (TPSA) is 43.9 Å². The van der Waals surface area contributed by atoms with Crippen molar-refractivity contribution in [3.63, 3.8) is 0 Å². The summed E-state index contributed by atoms with van der Waals surface area (Å²) in [5.41, 5.74) is 3.23. The zero-order valence-electron chi connectivity index (χ0n) is 15.3. The van der Waals surface area contributed by atoms with Crippen molar-refractivity contribution in [2.45, 2.75) is 39.3 Å². The first kappa shape index (κ1) is 17.2. The first-order chi connectivity index (χ1) is 12.5. The fourth-order valence-corrected chi connectivity index (χ4v) is 4.79. The molecule has 1 saturated heterocycles. The zero-order chi connectivity index (χ0) is 18.4. The second-order valence-electron chi connectivity index (χ2n) is 7.11. The highest BCUT2D eigenvalue weighted by atomic mass is 32.1. The van der Waals surface area contributed by atoms with Gasteiger partial charge in [-0.05, 0) is 56.3 Å². The van der Waals surface area contributed by atoms with Gasteiger partial charge in [0.15, 0.2) is 0 Å². The van der Waals surface area contributed by atoms with Crippen molar-refractivity contribution in [2.75, 3.05) is 18.1 Å². The van der Waals surface area contributed by atoms with Crippen molar-refractivity contribution >= 4 is 29.0 Å². The van der Waals surface area contributed by atoms with Crippen LogP contribution in [0, 0.1) is 6.92 Å². The van der Waals surface area contributed by atoms with Crippen molar-refractivity contribution in [3.05, 3.63) is 51.7 Å². The molecule has 0 spiro atoms. The van der Waals surface area contributed by atoms with E-state index in [2.05, 4.69) is 23.3 Å². The summed E-state index contributed by atoms with van der Waals surface area (Å²) >= 11 is 1.79. The molecular formula is C20H23N3O2S. The Hall–Kier alpha value is -2.18. The Bertz CT molecular complexity index is 845. The lowest BCUT2D eigenvalue weighted by Crippen LogP contribution is -2.45. The lowest BCUT2D eigenvalue weighted by atomic mass is 10.0. The van der Waals surface area contributed by atoms with Crippen LogP contribution in [0.5, 0.6) is 0 Å². The predicted molar refractivity (Wildman–Crippen MR) is 103 cm³/mol. The number of benzene rings is 1. The minimum Gasteiger partial charge on any atom is -0.282 e. The van der Waals surface area contributed by atoms with Crippen LogP contribution in [-0.2, 0) is 11.2 Å².